The van der Waals surface area contributed by atoms with Gasteiger partial charge in [0.1, 0.15) is 11.6 Å². The molecule has 0 N–H and O–H groups in total. The van der Waals surface area contributed by atoms with E-state index < -0.39 is 0 Å². The van der Waals surface area contributed by atoms with Gasteiger partial charge in [-0.2, -0.15) is 5.10 Å². The zero-order chi connectivity index (χ0) is 19.7. The highest BCUT2D eigenvalue weighted by Crippen LogP contribution is 2.34. The Balaban J connectivity index is 1.60. The summed E-state index contributed by atoms with van der Waals surface area (Å²) in [5, 5.41) is 4.36. The second-order valence-corrected chi connectivity index (χ2v) is 6.96. The van der Waals surface area contributed by atoms with Crippen molar-refractivity contribution in [3.8, 4) is 11.4 Å². The van der Waals surface area contributed by atoms with E-state index in [1.54, 1.807) is 30.1 Å². The van der Waals surface area contributed by atoms with Crippen molar-refractivity contribution >= 4 is 5.91 Å². The number of methoxy groups -OCH3 is 1. The molecule has 0 saturated carbocycles. The first-order chi connectivity index (χ1) is 13.6. The summed E-state index contributed by atoms with van der Waals surface area (Å²) >= 11 is 0. The van der Waals surface area contributed by atoms with Gasteiger partial charge in [0.25, 0.3) is 5.91 Å². The zero-order valence-corrected chi connectivity index (χ0v) is 15.9. The van der Waals surface area contributed by atoms with Gasteiger partial charge in [-0.15, -0.1) is 0 Å². The molecule has 0 radical (unpaired) electrons. The molecule has 5 nitrogen and oxygen atoms in total. The molecule has 1 aliphatic heterocycles. The normalized spacial score (nSPS) is 16.4. The van der Waals surface area contributed by atoms with Crippen LogP contribution in [-0.2, 0) is 0 Å². The van der Waals surface area contributed by atoms with E-state index in [4.69, 9.17) is 4.74 Å². The number of halogens is 1. The van der Waals surface area contributed by atoms with E-state index in [2.05, 4.69) is 5.10 Å². The molecule has 3 aromatic rings. The fraction of sp³-hybridized carbons (Fsp3) is 0.273. The van der Waals surface area contributed by atoms with Crippen LogP contribution in [0, 0.1) is 12.7 Å². The van der Waals surface area contributed by atoms with Gasteiger partial charge < -0.3 is 9.64 Å². The van der Waals surface area contributed by atoms with Crippen molar-refractivity contribution in [1.82, 2.24) is 14.7 Å². The molecule has 144 valence electrons. The first-order valence-electron chi connectivity index (χ1n) is 9.34. The Morgan fingerprint density at radius 1 is 1.14 bits per heavy atom. The lowest BCUT2D eigenvalue weighted by Gasteiger charge is -2.25. The monoisotopic (exact) mass is 379 g/mol. The van der Waals surface area contributed by atoms with Crippen LogP contribution in [-0.4, -0.2) is 34.2 Å². The second-order valence-electron chi connectivity index (χ2n) is 6.96. The van der Waals surface area contributed by atoms with Crippen LogP contribution in [0.2, 0.25) is 0 Å². The number of nitrogens with zero attached hydrogens (tertiary/aromatic N) is 3. The molecule has 2 heterocycles. The molecular formula is C22H22FN3O2. The SMILES string of the molecule is COc1ccc(C2CCCN2C(=O)c2cnn(-c3ccc(F)cc3)c2C)cc1. The molecule has 1 atom stereocenters. The van der Waals surface area contributed by atoms with Gasteiger partial charge in [-0.3, -0.25) is 4.79 Å². The van der Waals surface area contributed by atoms with Gasteiger partial charge in [0.05, 0.1) is 36.3 Å². The lowest BCUT2D eigenvalue weighted by molar-refractivity contribution is 0.0735. The molecule has 1 unspecified atom stereocenters. The van der Waals surface area contributed by atoms with E-state index >= 15 is 0 Å². The summed E-state index contributed by atoms with van der Waals surface area (Å²) in [6.45, 7) is 2.58. The molecule has 1 saturated heterocycles. The number of likely N-dealkylation sites (tertiary alicyclic amines) is 1. The number of ether oxygens (including phenoxy) is 1. The van der Waals surface area contributed by atoms with E-state index in [1.165, 1.54) is 12.1 Å². The van der Waals surface area contributed by atoms with Gasteiger partial charge >= 0.3 is 0 Å². The summed E-state index contributed by atoms with van der Waals surface area (Å²) in [6, 6.07) is 14.0. The van der Waals surface area contributed by atoms with E-state index in [1.807, 2.05) is 36.1 Å². The Bertz CT molecular complexity index is 980. The summed E-state index contributed by atoms with van der Waals surface area (Å²) in [5.41, 5.74) is 3.16. The predicted molar refractivity (Wildman–Crippen MR) is 104 cm³/mol. The third kappa shape index (κ3) is 3.26. The smallest absolute Gasteiger partial charge is 0.257 e. The summed E-state index contributed by atoms with van der Waals surface area (Å²) in [5.74, 6) is 0.476. The molecule has 0 spiro atoms. The Kier molecular flexibility index (Phi) is 4.86. The molecule has 28 heavy (non-hydrogen) atoms. The number of benzene rings is 2. The first kappa shape index (κ1) is 18.2. The minimum atomic E-state index is -0.302. The van der Waals surface area contributed by atoms with E-state index in [-0.39, 0.29) is 17.8 Å². The number of amides is 1. The highest BCUT2D eigenvalue weighted by atomic mass is 19.1. The first-order valence-corrected chi connectivity index (χ1v) is 9.34. The van der Waals surface area contributed by atoms with Crippen LogP contribution < -0.4 is 4.74 Å². The van der Waals surface area contributed by atoms with Crippen molar-refractivity contribution in [2.45, 2.75) is 25.8 Å². The molecule has 0 aliphatic carbocycles. The number of rotatable bonds is 4. The molecule has 6 heteroatoms. The van der Waals surface area contributed by atoms with Crippen LogP contribution >= 0.6 is 0 Å². The van der Waals surface area contributed by atoms with Crippen LogP contribution in [0.5, 0.6) is 5.75 Å². The number of carbonyl (C=O) groups is 1. The van der Waals surface area contributed by atoms with Crippen LogP contribution in [0.3, 0.4) is 0 Å². The maximum atomic E-state index is 13.3. The molecule has 2 aromatic carbocycles. The van der Waals surface area contributed by atoms with Gasteiger partial charge in [0.15, 0.2) is 0 Å². The molecule has 0 bridgehead atoms. The van der Waals surface area contributed by atoms with E-state index in [0.717, 1.165) is 42.1 Å². The van der Waals surface area contributed by atoms with E-state index in [9.17, 15) is 9.18 Å². The number of aromatic nitrogens is 2. The summed E-state index contributed by atoms with van der Waals surface area (Å²) < 4.78 is 20.1. The van der Waals surface area contributed by atoms with Gasteiger partial charge in [-0.1, -0.05) is 12.1 Å². The molecule has 4 rings (SSSR count). The average molecular weight is 379 g/mol. The minimum Gasteiger partial charge on any atom is -0.497 e. The van der Waals surface area contributed by atoms with Gasteiger partial charge in [-0.05, 0) is 61.7 Å². The number of carbonyl (C=O) groups excluding carboxylic acids is 1. The van der Waals surface area contributed by atoms with Crippen LogP contribution in [0.15, 0.2) is 54.7 Å². The largest absolute Gasteiger partial charge is 0.497 e. The second kappa shape index (κ2) is 7.46. The van der Waals surface area contributed by atoms with Gasteiger partial charge in [-0.25, -0.2) is 9.07 Å². The summed E-state index contributed by atoms with van der Waals surface area (Å²) in [4.78, 5) is 15.2. The fourth-order valence-corrected chi connectivity index (χ4v) is 3.80. The van der Waals surface area contributed by atoms with Gasteiger partial charge in [0, 0.05) is 6.54 Å². The fourth-order valence-electron chi connectivity index (χ4n) is 3.80. The molecular weight excluding hydrogens is 357 g/mol. The predicted octanol–water partition coefficient (Wildman–Crippen LogP) is 4.31. The maximum absolute atomic E-state index is 13.3. The number of hydrogen-bond donors (Lipinski definition) is 0. The average Bonchev–Trinajstić information content (AvgIpc) is 3.35. The standard InChI is InChI=1S/C22H22FN3O2/c1-15-20(14-24-26(15)18-9-7-17(23)8-10-18)22(27)25-13-3-4-21(25)16-5-11-19(28-2)12-6-16/h5-12,14,21H,3-4,13H2,1-2H3. The summed E-state index contributed by atoms with van der Waals surface area (Å²) in [6.07, 6.45) is 3.50. The third-order valence-corrected chi connectivity index (χ3v) is 5.33. The zero-order valence-electron chi connectivity index (χ0n) is 15.9. The van der Waals surface area contributed by atoms with Crippen molar-refractivity contribution in [1.29, 1.82) is 0 Å². The maximum Gasteiger partial charge on any atom is 0.257 e. The Labute approximate surface area is 163 Å². The Morgan fingerprint density at radius 3 is 2.54 bits per heavy atom. The van der Waals surface area contributed by atoms with Crippen LogP contribution in [0.4, 0.5) is 4.39 Å². The molecule has 1 aliphatic rings. The third-order valence-electron chi connectivity index (χ3n) is 5.33. The minimum absolute atomic E-state index is 0.0239. The van der Waals surface area contributed by atoms with Crippen molar-refractivity contribution in [2.24, 2.45) is 0 Å². The molecule has 1 amide bonds. The number of hydrogen-bond acceptors (Lipinski definition) is 3. The van der Waals surface area contributed by atoms with E-state index in [0.29, 0.717) is 5.56 Å². The quantitative estimate of drug-likeness (QED) is 0.679. The molecule has 1 fully saturated rings. The highest BCUT2D eigenvalue weighted by Gasteiger charge is 2.32. The van der Waals surface area contributed by atoms with Crippen LogP contribution in [0.1, 0.15) is 40.5 Å². The van der Waals surface area contributed by atoms with Crippen molar-refractivity contribution in [3.05, 3.63) is 77.4 Å². The Hall–Kier alpha value is -3.15. The van der Waals surface area contributed by atoms with Crippen molar-refractivity contribution in [2.75, 3.05) is 13.7 Å². The van der Waals surface area contributed by atoms with Gasteiger partial charge in [0.2, 0.25) is 0 Å². The topological polar surface area (TPSA) is 47.4 Å². The molecule has 1 aromatic heterocycles. The Morgan fingerprint density at radius 2 is 1.86 bits per heavy atom. The lowest BCUT2D eigenvalue weighted by atomic mass is 10.0. The summed E-state index contributed by atoms with van der Waals surface area (Å²) in [7, 11) is 1.64. The van der Waals surface area contributed by atoms with Crippen LogP contribution in [0.25, 0.3) is 5.69 Å². The van der Waals surface area contributed by atoms with Crippen molar-refractivity contribution < 1.29 is 13.9 Å². The lowest BCUT2D eigenvalue weighted by Crippen LogP contribution is -2.30. The van der Waals surface area contributed by atoms with Crippen molar-refractivity contribution in [3.63, 3.8) is 0 Å². The highest BCUT2D eigenvalue weighted by molar-refractivity contribution is 5.95.